The molecule has 1 fully saturated rings. The predicted molar refractivity (Wildman–Crippen MR) is 69.7 cm³/mol. The fourth-order valence-corrected chi connectivity index (χ4v) is 2.16. The van der Waals surface area contributed by atoms with E-state index in [4.69, 9.17) is 0 Å². The molecule has 0 bridgehead atoms. The van der Waals surface area contributed by atoms with Crippen LogP contribution in [0.2, 0.25) is 0 Å². The molecule has 0 saturated heterocycles. The zero-order valence-corrected chi connectivity index (χ0v) is 10.2. The number of pyridine rings is 1. The highest BCUT2D eigenvalue weighted by molar-refractivity contribution is 5.91. The molecule has 1 aromatic heterocycles. The van der Waals surface area contributed by atoms with Crippen molar-refractivity contribution in [2.45, 2.75) is 37.8 Å². The van der Waals surface area contributed by atoms with Crippen LogP contribution in [-0.4, -0.2) is 28.1 Å². The van der Waals surface area contributed by atoms with Gasteiger partial charge in [0.25, 0.3) is 0 Å². The summed E-state index contributed by atoms with van der Waals surface area (Å²) < 4.78 is 0. The third kappa shape index (κ3) is 3.67. The number of hydrogen-bond acceptors (Lipinski definition) is 3. The van der Waals surface area contributed by atoms with E-state index in [1.807, 2.05) is 12.1 Å². The molecule has 96 valence electrons. The second-order valence-corrected chi connectivity index (χ2v) is 4.59. The van der Waals surface area contributed by atoms with Crippen molar-refractivity contribution in [3.8, 4) is 0 Å². The van der Waals surface area contributed by atoms with E-state index in [0.29, 0.717) is 0 Å². The van der Waals surface area contributed by atoms with E-state index in [1.54, 1.807) is 18.5 Å². The Bertz CT molecular complexity index is 417. The van der Waals surface area contributed by atoms with Crippen molar-refractivity contribution in [3.05, 3.63) is 36.2 Å². The van der Waals surface area contributed by atoms with E-state index in [-0.39, 0.29) is 11.9 Å². The van der Waals surface area contributed by atoms with Crippen LogP contribution in [0.25, 0.3) is 6.08 Å². The molecule has 4 nitrogen and oxygen atoms in total. The molecule has 0 aliphatic heterocycles. The van der Waals surface area contributed by atoms with E-state index >= 15 is 0 Å². The lowest BCUT2D eigenvalue weighted by molar-refractivity contribution is -0.118. The van der Waals surface area contributed by atoms with Gasteiger partial charge in [-0.05, 0) is 30.5 Å². The van der Waals surface area contributed by atoms with E-state index in [0.717, 1.165) is 31.2 Å². The van der Waals surface area contributed by atoms with Gasteiger partial charge >= 0.3 is 0 Å². The van der Waals surface area contributed by atoms with Crippen molar-refractivity contribution in [1.82, 2.24) is 10.3 Å². The van der Waals surface area contributed by atoms with Crippen molar-refractivity contribution in [3.63, 3.8) is 0 Å². The van der Waals surface area contributed by atoms with Gasteiger partial charge in [-0.25, -0.2) is 0 Å². The van der Waals surface area contributed by atoms with Gasteiger partial charge in [0.1, 0.15) is 0 Å². The predicted octanol–water partition coefficient (Wildman–Crippen LogP) is 1.51. The van der Waals surface area contributed by atoms with Gasteiger partial charge in [0.05, 0.1) is 12.1 Å². The number of carbonyl (C=O) groups excluding carboxylic acids is 1. The molecule has 0 aromatic carbocycles. The minimum Gasteiger partial charge on any atom is -0.391 e. The van der Waals surface area contributed by atoms with Crippen molar-refractivity contribution in [2.75, 3.05) is 0 Å². The molecule has 0 radical (unpaired) electrons. The lowest BCUT2D eigenvalue weighted by Crippen LogP contribution is -2.44. The summed E-state index contributed by atoms with van der Waals surface area (Å²) in [5.41, 5.74) is 0.886. The second kappa shape index (κ2) is 6.31. The molecule has 1 aromatic rings. The van der Waals surface area contributed by atoms with Gasteiger partial charge in [0.2, 0.25) is 5.91 Å². The molecule has 2 N–H and O–H groups in total. The first-order valence-electron chi connectivity index (χ1n) is 6.32. The number of nitrogens with one attached hydrogen (secondary N) is 1. The summed E-state index contributed by atoms with van der Waals surface area (Å²) in [6, 6.07) is 3.60. The number of aromatic nitrogens is 1. The normalized spacial score (nSPS) is 24.1. The van der Waals surface area contributed by atoms with E-state index in [9.17, 15) is 9.90 Å². The lowest BCUT2D eigenvalue weighted by Gasteiger charge is -2.27. The number of carbonyl (C=O) groups is 1. The quantitative estimate of drug-likeness (QED) is 0.795. The Labute approximate surface area is 107 Å². The van der Waals surface area contributed by atoms with Crippen LogP contribution in [0, 0.1) is 0 Å². The third-order valence-corrected chi connectivity index (χ3v) is 3.17. The van der Waals surface area contributed by atoms with Crippen LogP contribution in [-0.2, 0) is 4.79 Å². The first-order valence-corrected chi connectivity index (χ1v) is 6.32. The monoisotopic (exact) mass is 246 g/mol. The van der Waals surface area contributed by atoms with Gasteiger partial charge in [-0.1, -0.05) is 18.9 Å². The minimum atomic E-state index is -0.408. The number of hydrogen-bond donors (Lipinski definition) is 2. The minimum absolute atomic E-state index is 0.107. The first kappa shape index (κ1) is 12.8. The smallest absolute Gasteiger partial charge is 0.244 e. The highest BCUT2D eigenvalue weighted by Gasteiger charge is 2.23. The summed E-state index contributed by atoms with van der Waals surface area (Å²) in [6.07, 6.45) is 9.91. The molecule has 1 heterocycles. The van der Waals surface area contributed by atoms with Gasteiger partial charge in [0, 0.05) is 18.5 Å². The Balaban J connectivity index is 1.86. The zero-order valence-electron chi connectivity index (χ0n) is 10.2. The zero-order chi connectivity index (χ0) is 12.8. The van der Waals surface area contributed by atoms with Crippen LogP contribution in [0.15, 0.2) is 30.6 Å². The third-order valence-electron chi connectivity index (χ3n) is 3.17. The Morgan fingerprint density at radius 2 is 2.28 bits per heavy atom. The van der Waals surface area contributed by atoms with Crippen molar-refractivity contribution in [2.24, 2.45) is 0 Å². The van der Waals surface area contributed by atoms with E-state index in [1.165, 1.54) is 6.08 Å². The molecule has 0 unspecified atom stereocenters. The number of nitrogens with zero attached hydrogens (tertiary/aromatic N) is 1. The number of aliphatic hydroxyl groups is 1. The highest BCUT2D eigenvalue weighted by Crippen LogP contribution is 2.18. The SMILES string of the molecule is O=C(/C=C/c1cccnc1)N[C@H]1CCCC[C@@H]1O. The van der Waals surface area contributed by atoms with Gasteiger partial charge in [0.15, 0.2) is 0 Å². The van der Waals surface area contributed by atoms with Crippen molar-refractivity contribution in [1.29, 1.82) is 0 Å². The molecular weight excluding hydrogens is 228 g/mol. The maximum Gasteiger partial charge on any atom is 0.244 e. The topological polar surface area (TPSA) is 62.2 Å². The molecule has 1 amide bonds. The fourth-order valence-electron chi connectivity index (χ4n) is 2.16. The second-order valence-electron chi connectivity index (χ2n) is 4.59. The van der Waals surface area contributed by atoms with Crippen LogP contribution in [0.5, 0.6) is 0 Å². The largest absolute Gasteiger partial charge is 0.391 e. The summed E-state index contributed by atoms with van der Waals surface area (Å²) in [4.78, 5) is 15.7. The standard InChI is InChI=1S/C14H18N2O2/c17-13-6-2-1-5-12(13)16-14(18)8-7-11-4-3-9-15-10-11/h3-4,7-10,12-13,17H,1-2,5-6H2,(H,16,18)/b8-7+/t12-,13-/m0/s1. The number of aliphatic hydroxyl groups excluding tert-OH is 1. The average molecular weight is 246 g/mol. The molecule has 2 atom stereocenters. The van der Waals surface area contributed by atoms with E-state index in [2.05, 4.69) is 10.3 Å². The van der Waals surface area contributed by atoms with Crippen LogP contribution in [0.3, 0.4) is 0 Å². The molecule has 2 rings (SSSR count). The maximum atomic E-state index is 11.7. The Kier molecular flexibility index (Phi) is 4.47. The molecular formula is C14H18N2O2. The Hall–Kier alpha value is -1.68. The Morgan fingerprint density at radius 1 is 1.44 bits per heavy atom. The summed E-state index contributed by atoms with van der Waals surface area (Å²) in [5.74, 6) is -0.162. The molecule has 4 heteroatoms. The maximum absolute atomic E-state index is 11.7. The van der Waals surface area contributed by atoms with E-state index < -0.39 is 6.10 Å². The van der Waals surface area contributed by atoms with Crippen molar-refractivity contribution < 1.29 is 9.90 Å². The summed E-state index contributed by atoms with van der Waals surface area (Å²) >= 11 is 0. The van der Waals surface area contributed by atoms with Crippen LogP contribution >= 0.6 is 0 Å². The van der Waals surface area contributed by atoms with Gasteiger partial charge in [-0.2, -0.15) is 0 Å². The number of rotatable bonds is 3. The van der Waals surface area contributed by atoms with Gasteiger partial charge < -0.3 is 10.4 Å². The van der Waals surface area contributed by atoms with Crippen LogP contribution in [0.1, 0.15) is 31.2 Å². The molecule has 1 aliphatic rings. The summed E-state index contributed by atoms with van der Waals surface area (Å²) in [5, 5.41) is 12.6. The number of amides is 1. The molecule has 1 aliphatic carbocycles. The average Bonchev–Trinajstić information content (AvgIpc) is 2.40. The van der Waals surface area contributed by atoms with Gasteiger partial charge in [-0.3, -0.25) is 9.78 Å². The lowest BCUT2D eigenvalue weighted by atomic mass is 9.92. The van der Waals surface area contributed by atoms with Crippen molar-refractivity contribution >= 4 is 12.0 Å². The van der Waals surface area contributed by atoms with Gasteiger partial charge in [-0.15, -0.1) is 0 Å². The Morgan fingerprint density at radius 3 is 3.00 bits per heavy atom. The van der Waals surface area contributed by atoms with Crippen LogP contribution < -0.4 is 5.32 Å². The molecule has 0 spiro atoms. The molecule has 18 heavy (non-hydrogen) atoms. The molecule has 1 saturated carbocycles. The fraction of sp³-hybridized carbons (Fsp3) is 0.429. The summed E-state index contributed by atoms with van der Waals surface area (Å²) in [6.45, 7) is 0. The van der Waals surface area contributed by atoms with Crippen LogP contribution in [0.4, 0.5) is 0 Å². The first-order chi connectivity index (χ1) is 8.75. The highest BCUT2D eigenvalue weighted by atomic mass is 16.3. The summed E-state index contributed by atoms with van der Waals surface area (Å²) in [7, 11) is 0.